The highest BCUT2D eigenvalue weighted by molar-refractivity contribution is 5.85. The average molecular weight is 294 g/mol. The zero-order valence-corrected chi connectivity index (χ0v) is 12.6. The minimum atomic E-state index is -0.887. The molecule has 1 saturated heterocycles. The van der Waals surface area contributed by atoms with E-state index < -0.39 is 12.0 Å². The van der Waals surface area contributed by atoms with Gasteiger partial charge in [-0.25, -0.2) is 4.79 Å². The lowest BCUT2D eigenvalue weighted by molar-refractivity contribution is -0.154. The molecule has 3 aliphatic rings. The molecular weight excluding hydrogens is 268 g/mol. The summed E-state index contributed by atoms with van der Waals surface area (Å²) in [6, 6.07) is -0.685. The van der Waals surface area contributed by atoms with E-state index in [1.165, 1.54) is 25.7 Å². The van der Waals surface area contributed by atoms with Gasteiger partial charge in [-0.2, -0.15) is 0 Å². The predicted molar refractivity (Wildman–Crippen MR) is 78.8 cm³/mol. The second kappa shape index (κ2) is 6.34. The number of amides is 1. The molecule has 1 aliphatic heterocycles. The van der Waals surface area contributed by atoms with Gasteiger partial charge in [0.15, 0.2) is 0 Å². The standard InChI is InChI=1S/C16H26N2O3/c19-15(18-8-7-17-10-14(18)16(20)21)13-6-5-11-3-1-2-4-12(11)9-13/h11-14,17H,1-10H2,(H,20,21). The normalized spacial score (nSPS) is 36.9. The molecule has 118 valence electrons. The summed E-state index contributed by atoms with van der Waals surface area (Å²) in [6.07, 6.45) is 8.34. The van der Waals surface area contributed by atoms with E-state index in [4.69, 9.17) is 0 Å². The lowest BCUT2D eigenvalue weighted by Crippen LogP contribution is -2.58. The van der Waals surface area contributed by atoms with Crippen LogP contribution in [-0.2, 0) is 9.59 Å². The molecule has 21 heavy (non-hydrogen) atoms. The lowest BCUT2D eigenvalue weighted by atomic mass is 9.67. The number of hydrogen-bond donors (Lipinski definition) is 2. The second-order valence-electron chi connectivity index (χ2n) is 6.90. The fourth-order valence-corrected chi connectivity index (χ4v) is 4.52. The first kappa shape index (κ1) is 14.8. The number of carbonyl (C=O) groups excluding carboxylic acids is 1. The van der Waals surface area contributed by atoms with Crippen molar-refractivity contribution in [1.82, 2.24) is 10.2 Å². The molecule has 5 heteroatoms. The Kier molecular flexibility index (Phi) is 4.48. The SMILES string of the molecule is O=C(O)C1CNCCN1C(=O)C1CCC2CCCCC2C1. The van der Waals surface area contributed by atoms with Gasteiger partial charge in [-0.1, -0.05) is 25.7 Å². The molecule has 0 aromatic heterocycles. The van der Waals surface area contributed by atoms with E-state index in [0.29, 0.717) is 25.6 Å². The Balaban J connectivity index is 1.65. The largest absolute Gasteiger partial charge is 0.480 e. The number of rotatable bonds is 2. The van der Waals surface area contributed by atoms with E-state index in [1.807, 2.05) is 0 Å². The highest BCUT2D eigenvalue weighted by Crippen LogP contribution is 2.43. The van der Waals surface area contributed by atoms with E-state index in [2.05, 4.69) is 5.32 Å². The molecule has 0 radical (unpaired) electrons. The topological polar surface area (TPSA) is 69.6 Å². The van der Waals surface area contributed by atoms with Crippen molar-refractivity contribution in [2.24, 2.45) is 17.8 Å². The van der Waals surface area contributed by atoms with Crippen LogP contribution in [0.15, 0.2) is 0 Å². The summed E-state index contributed by atoms with van der Waals surface area (Å²) in [5.41, 5.74) is 0. The van der Waals surface area contributed by atoms with Gasteiger partial charge in [0.2, 0.25) is 5.91 Å². The number of carboxylic acid groups (broad SMARTS) is 1. The molecule has 3 fully saturated rings. The minimum Gasteiger partial charge on any atom is -0.480 e. The Morgan fingerprint density at radius 3 is 2.57 bits per heavy atom. The quantitative estimate of drug-likeness (QED) is 0.809. The van der Waals surface area contributed by atoms with Crippen LogP contribution >= 0.6 is 0 Å². The van der Waals surface area contributed by atoms with E-state index >= 15 is 0 Å². The highest BCUT2D eigenvalue weighted by Gasteiger charge is 2.40. The zero-order chi connectivity index (χ0) is 14.8. The van der Waals surface area contributed by atoms with Gasteiger partial charge >= 0.3 is 5.97 Å². The van der Waals surface area contributed by atoms with Crippen LogP contribution in [0.2, 0.25) is 0 Å². The average Bonchev–Trinajstić information content (AvgIpc) is 2.53. The van der Waals surface area contributed by atoms with Crippen LogP contribution in [0, 0.1) is 17.8 Å². The third-order valence-electron chi connectivity index (χ3n) is 5.70. The number of piperazine rings is 1. The number of carbonyl (C=O) groups is 2. The highest BCUT2D eigenvalue weighted by atomic mass is 16.4. The fourth-order valence-electron chi connectivity index (χ4n) is 4.52. The molecule has 1 amide bonds. The van der Waals surface area contributed by atoms with Crippen molar-refractivity contribution in [2.75, 3.05) is 19.6 Å². The third-order valence-corrected chi connectivity index (χ3v) is 5.70. The van der Waals surface area contributed by atoms with Crippen molar-refractivity contribution in [2.45, 2.75) is 51.0 Å². The molecular formula is C16H26N2O3. The molecule has 2 saturated carbocycles. The van der Waals surface area contributed by atoms with Gasteiger partial charge in [0.1, 0.15) is 6.04 Å². The molecule has 0 aromatic carbocycles. The Morgan fingerprint density at radius 1 is 1.05 bits per heavy atom. The van der Waals surface area contributed by atoms with Crippen LogP contribution in [0.5, 0.6) is 0 Å². The predicted octanol–water partition coefficient (Wildman–Crippen LogP) is 1.48. The van der Waals surface area contributed by atoms with E-state index in [1.54, 1.807) is 4.90 Å². The van der Waals surface area contributed by atoms with Gasteiger partial charge in [-0.15, -0.1) is 0 Å². The van der Waals surface area contributed by atoms with Gasteiger partial charge in [0.25, 0.3) is 0 Å². The molecule has 2 aliphatic carbocycles. The van der Waals surface area contributed by atoms with Crippen LogP contribution in [0.4, 0.5) is 0 Å². The van der Waals surface area contributed by atoms with Gasteiger partial charge in [0.05, 0.1) is 0 Å². The maximum atomic E-state index is 12.8. The molecule has 3 rings (SSSR count). The number of hydrogen-bond acceptors (Lipinski definition) is 3. The van der Waals surface area contributed by atoms with Crippen molar-refractivity contribution in [1.29, 1.82) is 0 Å². The van der Waals surface area contributed by atoms with Gasteiger partial charge < -0.3 is 15.3 Å². The monoisotopic (exact) mass is 294 g/mol. The van der Waals surface area contributed by atoms with E-state index in [-0.39, 0.29) is 11.8 Å². The summed E-state index contributed by atoms with van der Waals surface area (Å²) in [5.74, 6) is 0.785. The first-order valence-electron chi connectivity index (χ1n) is 8.41. The Morgan fingerprint density at radius 2 is 1.81 bits per heavy atom. The summed E-state index contributed by atoms with van der Waals surface area (Å²) in [4.78, 5) is 25.7. The van der Waals surface area contributed by atoms with Crippen molar-refractivity contribution in [3.8, 4) is 0 Å². The first-order valence-corrected chi connectivity index (χ1v) is 8.41. The Bertz CT molecular complexity index is 412. The van der Waals surface area contributed by atoms with Crippen molar-refractivity contribution in [3.63, 3.8) is 0 Å². The molecule has 2 N–H and O–H groups in total. The van der Waals surface area contributed by atoms with Crippen molar-refractivity contribution in [3.05, 3.63) is 0 Å². The van der Waals surface area contributed by atoms with Crippen LogP contribution in [-0.4, -0.2) is 47.6 Å². The van der Waals surface area contributed by atoms with Gasteiger partial charge in [-0.3, -0.25) is 4.79 Å². The van der Waals surface area contributed by atoms with E-state index in [9.17, 15) is 14.7 Å². The minimum absolute atomic E-state index is 0.0595. The number of nitrogens with one attached hydrogen (secondary N) is 1. The summed E-state index contributed by atoms with van der Waals surface area (Å²) >= 11 is 0. The number of fused-ring (bicyclic) bond motifs is 1. The first-order chi connectivity index (χ1) is 10.2. The van der Waals surface area contributed by atoms with Crippen molar-refractivity contribution < 1.29 is 14.7 Å². The zero-order valence-electron chi connectivity index (χ0n) is 12.6. The fraction of sp³-hybridized carbons (Fsp3) is 0.875. The summed E-state index contributed by atoms with van der Waals surface area (Å²) in [5, 5.41) is 12.4. The third kappa shape index (κ3) is 3.07. The smallest absolute Gasteiger partial charge is 0.327 e. The maximum Gasteiger partial charge on any atom is 0.327 e. The van der Waals surface area contributed by atoms with Crippen LogP contribution in [0.1, 0.15) is 44.9 Å². The summed E-state index contributed by atoms with van der Waals surface area (Å²) < 4.78 is 0. The lowest BCUT2D eigenvalue weighted by Gasteiger charge is -2.42. The molecule has 0 spiro atoms. The van der Waals surface area contributed by atoms with Gasteiger partial charge in [-0.05, 0) is 31.1 Å². The number of aliphatic carboxylic acids is 1. The molecule has 4 atom stereocenters. The summed E-state index contributed by atoms with van der Waals surface area (Å²) in [7, 11) is 0. The second-order valence-corrected chi connectivity index (χ2v) is 6.90. The number of carboxylic acids is 1. The van der Waals surface area contributed by atoms with Crippen LogP contribution in [0.25, 0.3) is 0 Å². The van der Waals surface area contributed by atoms with Crippen LogP contribution in [0.3, 0.4) is 0 Å². The molecule has 1 heterocycles. The van der Waals surface area contributed by atoms with E-state index in [0.717, 1.165) is 25.2 Å². The Hall–Kier alpha value is -1.10. The molecule has 4 unspecified atom stereocenters. The Labute approximate surface area is 126 Å². The molecule has 0 bridgehead atoms. The maximum absolute atomic E-state index is 12.8. The van der Waals surface area contributed by atoms with Crippen LogP contribution < -0.4 is 5.32 Å². The molecule has 0 aromatic rings. The molecule has 5 nitrogen and oxygen atoms in total. The van der Waals surface area contributed by atoms with Crippen molar-refractivity contribution >= 4 is 11.9 Å². The van der Waals surface area contributed by atoms with Gasteiger partial charge in [0, 0.05) is 25.6 Å². The summed E-state index contributed by atoms with van der Waals surface area (Å²) in [6.45, 7) is 1.61. The number of nitrogens with zero attached hydrogens (tertiary/aromatic N) is 1.